The Bertz CT molecular complexity index is 631. The molecule has 0 aliphatic carbocycles. The van der Waals surface area contributed by atoms with Gasteiger partial charge in [-0.25, -0.2) is 4.79 Å². The van der Waals surface area contributed by atoms with E-state index in [1.54, 1.807) is 13.8 Å². The lowest BCUT2D eigenvalue weighted by molar-refractivity contribution is -0.143. The van der Waals surface area contributed by atoms with Crippen LogP contribution >= 0.6 is 11.8 Å². The van der Waals surface area contributed by atoms with E-state index in [4.69, 9.17) is 5.73 Å². The summed E-state index contributed by atoms with van der Waals surface area (Å²) < 4.78 is 0. The van der Waals surface area contributed by atoms with Crippen LogP contribution in [0.1, 0.15) is 60.8 Å². The van der Waals surface area contributed by atoms with Gasteiger partial charge >= 0.3 is 5.97 Å². The molecular formula is C22H42N4O5S. The molecular weight excluding hydrogens is 432 g/mol. The molecule has 0 aromatic rings. The van der Waals surface area contributed by atoms with E-state index < -0.39 is 47.9 Å². The van der Waals surface area contributed by atoms with Crippen molar-refractivity contribution in [1.29, 1.82) is 0 Å². The summed E-state index contributed by atoms with van der Waals surface area (Å²) in [6, 6.07) is -3.57. The lowest BCUT2D eigenvalue weighted by atomic mass is 9.95. The molecule has 0 aromatic carbocycles. The average Bonchev–Trinajstić information content (AvgIpc) is 2.75. The van der Waals surface area contributed by atoms with Crippen molar-refractivity contribution in [3.8, 4) is 0 Å². The highest BCUT2D eigenvalue weighted by molar-refractivity contribution is 7.98. The quantitative estimate of drug-likeness (QED) is 0.240. The molecule has 9 nitrogen and oxygen atoms in total. The molecule has 0 spiro atoms. The minimum Gasteiger partial charge on any atom is -0.480 e. The standard InChI is InChI=1S/C22H42N4O5S/c1-8-13(5)16(23)20(28)26-18(14(6)9-2)21(29)24-15(10-11-32-7)19(27)25-17(12(3)4)22(30)31/h12-18H,8-11,23H2,1-7H3,(H,24,29)(H,25,27)(H,26,28)(H,30,31). The summed E-state index contributed by atoms with van der Waals surface area (Å²) in [6.07, 6.45) is 3.57. The molecule has 0 aliphatic heterocycles. The zero-order valence-electron chi connectivity index (χ0n) is 20.4. The summed E-state index contributed by atoms with van der Waals surface area (Å²) in [6.45, 7) is 11.0. The van der Waals surface area contributed by atoms with Crippen LogP contribution in [-0.2, 0) is 19.2 Å². The van der Waals surface area contributed by atoms with Crippen LogP contribution in [0.3, 0.4) is 0 Å². The number of hydrogen-bond acceptors (Lipinski definition) is 6. The number of rotatable bonds is 15. The van der Waals surface area contributed by atoms with Gasteiger partial charge in [0.1, 0.15) is 18.1 Å². The van der Waals surface area contributed by atoms with E-state index in [9.17, 15) is 24.3 Å². The van der Waals surface area contributed by atoms with Gasteiger partial charge in [0.2, 0.25) is 17.7 Å². The minimum atomic E-state index is -1.13. The van der Waals surface area contributed by atoms with E-state index in [0.717, 1.165) is 6.42 Å². The van der Waals surface area contributed by atoms with Gasteiger partial charge in [-0.3, -0.25) is 14.4 Å². The van der Waals surface area contributed by atoms with Crippen LogP contribution in [0.2, 0.25) is 0 Å². The first-order chi connectivity index (χ1) is 14.9. The Morgan fingerprint density at radius 1 is 0.844 bits per heavy atom. The zero-order valence-corrected chi connectivity index (χ0v) is 21.3. The molecule has 10 heteroatoms. The number of carbonyl (C=O) groups is 4. The largest absolute Gasteiger partial charge is 0.480 e. The van der Waals surface area contributed by atoms with E-state index in [0.29, 0.717) is 18.6 Å². The first kappa shape index (κ1) is 30.2. The van der Waals surface area contributed by atoms with Gasteiger partial charge in [-0.05, 0) is 36.2 Å². The van der Waals surface area contributed by atoms with E-state index in [1.807, 2.05) is 34.0 Å². The van der Waals surface area contributed by atoms with Crippen molar-refractivity contribution in [2.24, 2.45) is 23.5 Å². The van der Waals surface area contributed by atoms with E-state index in [-0.39, 0.29) is 17.8 Å². The van der Waals surface area contributed by atoms with Gasteiger partial charge in [0.05, 0.1) is 6.04 Å². The number of nitrogens with one attached hydrogen (secondary N) is 3. The Balaban J connectivity index is 5.54. The number of hydrogen-bond donors (Lipinski definition) is 5. The van der Waals surface area contributed by atoms with Crippen LogP contribution in [0.5, 0.6) is 0 Å². The van der Waals surface area contributed by atoms with Gasteiger partial charge in [-0.1, -0.05) is 54.4 Å². The molecule has 32 heavy (non-hydrogen) atoms. The Morgan fingerprint density at radius 3 is 1.81 bits per heavy atom. The van der Waals surface area contributed by atoms with Gasteiger partial charge in [-0.2, -0.15) is 11.8 Å². The molecule has 0 fully saturated rings. The molecule has 0 saturated heterocycles. The van der Waals surface area contributed by atoms with Crippen molar-refractivity contribution in [2.45, 2.75) is 85.0 Å². The fraction of sp³-hybridized carbons (Fsp3) is 0.818. The summed E-state index contributed by atoms with van der Waals surface area (Å²) >= 11 is 1.51. The highest BCUT2D eigenvalue weighted by atomic mass is 32.2. The maximum absolute atomic E-state index is 13.1. The summed E-state index contributed by atoms with van der Waals surface area (Å²) in [5.41, 5.74) is 6.02. The van der Waals surface area contributed by atoms with Crippen LogP contribution in [0.25, 0.3) is 0 Å². The number of aliphatic carboxylic acids is 1. The number of amides is 3. The first-order valence-corrected chi connectivity index (χ1v) is 12.7. The SMILES string of the molecule is CCC(C)C(N)C(=O)NC(C(=O)NC(CCSC)C(=O)NC(C(=O)O)C(C)C)C(C)CC. The number of carboxylic acids is 1. The molecule has 6 unspecified atom stereocenters. The molecule has 0 saturated carbocycles. The number of thioether (sulfide) groups is 1. The molecule has 0 aliphatic rings. The van der Waals surface area contributed by atoms with E-state index in [2.05, 4.69) is 16.0 Å². The van der Waals surface area contributed by atoms with Crippen molar-refractivity contribution >= 4 is 35.5 Å². The van der Waals surface area contributed by atoms with Crippen LogP contribution in [0.15, 0.2) is 0 Å². The lowest BCUT2D eigenvalue weighted by Gasteiger charge is -2.29. The number of nitrogens with two attached hydrogens (primary N) is 1. The third kappa shape index (κ3) is 9.77. The van der Waals surface area contributed by atoms with Crippen molar-refractivity contribution in [3.05, 3.63) is 0 Å². The predicted molar refractivity (Wildman–Crippen MR) is 128 cm³/mol. The summed E-state index contributed by atoms with van der Waals surface area (Å²) in [5.74, 6) is -2.53. The molecule has 6 N–H and O–H groups in total. The first-order valence-electron chi connectivity index (χ1n) is 11.3. The average molecular weight is 475 g/mol. The molecule has 0 bridgehead atoms. The smallest absolute Gasteiger partial charge is 0.326 e. The van der Waals surface area contributed by atoms with Crippen LogP contribution in [-0.4, -0.2) is 65.0 Å². The Labute approximate surface area is 196 Å². The third-order valence-electron chi connectivity index (χ3n) is 5.83. The molecule has 0 aromatic heterocycles. The molecule has 0 rings (SSSR count). The maximum Gasteiger partial charge on any atom is 0.326 e. The normalized spacial score (nSPS) is 16.9. The third-order valence-corrected chi connectivity index (χ3v) is 6.47. The maximum atomic E-state index is 13.1. The fourth-order valence-electron chi connectivity index (χ4n) is 3.00. The fourth-order valence-corrected chi connectivity index (χ4v) is 3.47. The Kier molecular flexibility index (Phi) is 14.2. The molecule has 3 amide bonds. The lowest BCUT2D eigenvalue weighted by Crippen LogP contribution is -2.59. The Hall–Kier alpha value is -1.81. The van der Waals surface area contributed by atoms with Crippen LogP contribution in [0.4, 0.5) is 0 Å². The van der Waals surface area contributed by atoms with Gasteiger partial charge in [-0.15, -0.1) is 0 Å². The van der Waals surface area contributed by atoms with Gasteiger partial charge in [0.25, 0.3) is 0 Å². The minimum absolute atomic E-state index is 0.0419. The summed E-state index contributed by atoms with van der Waals surface area (Å²) in [7, 11) is 0. The summed E-state index contributed by atoms with van der Waals surface area (Å²) in [4.78, 5) is 50.0. The van der Waals surface area contributed by atoms with Gasteiger partial charge < -0.3 is 26.8 Å². The van der Waals surface area contributed by atoms with Crippen molar-refractivity contribution in [1.82, 2.24) is 16.0 Å². The highest BCUT2D eigenvalue weighted by Crippen LogP contribution is 2.12. The molecule has 186 valence electrons. The molecule has 0 radical (unpaired) electrons. The monoisotopic (exact) mass is 474 g/mol. The molecule has 0 heterocycles. The van der Waals surface area contributed by atoms with Crippen LogP contribution < -0.4 is 21.7 Å². The topological polar surface area (TPSA) is 151 Å². The second kappa shape index (κ2) is 15.1. The number of carbonyl (C=O) groups excluding carboxylic acids is 3. The van der Waals surface area contributed by atoms with Crippen molar-refractivity contribution in [3.63, 3.8) is 0 Å². The second-order valence-electron chi connectivity index (χ2n) is 8.69. The van der Waals surface area contributed by atoms with Crippen molar-refractivity contribution in [2.75, 3.05) is 12.0 Å². The predicted octanol–water partition coefficient (Wildman–Crippen LogP) is 1.35. The Morgan fingerprint density at radius 2 is 1.38 bits per heavy atom. The van der Waals surface area contributed by atoms with Crippen molar-refractivity contribution < 1.29 is 24.3 Å². The van der Waals surface area contributed by atoms with Crippen LogP contribution in [0, 0.1) is 17.8 Å². The van der Waals surface area contributed by atoms with Gasteiger partial charge in [0.15, 0.2) is 0 Å². The summed E-state index contributed by atoms with van der Waals surface area (Å²) in [5, 5.41) is 17.4. The highest BCUT2D eigenvalue weighted by Gasteiger charge is 2.33. The zero-order chi connectivity index (χ0) is 25.0. The van der Waals surface area contributed by atoms with Gasteiger partial charge in [0, 0.05) is 0 Å². The second-order valence-corrected chi connectivity index (χ2v) is 9.68. The number of carboxylic acid groups (broad SMARTS) is 1. The van der Waals surface area contributed by atoms with E-state index >= 15 is 0 Å². The molecule has 6 atom stereocenters. The van der Waals surface area contributed by atoms with E-state index in [1.165, 1.54) is 11.8 Å².